The van der Waals surface area contributed by atoms with Crippen LogP contribution in [0.5, 0.6) is 5.75 Å². The first kappa shape index (κ1) is 17.4. The van der Waals surface area contributed by atoms with Gasteiger partial charge in [0.1, 0.15) is 18.5 Å². The third kappa shape index (κ3) is 7.60. The Labute approximate surface area is 125 Å². The van der Waals surface area contributed by atoms with Gasteiger partial charge in [-0.1, -0.05) is 12.1 Å². The normalized spacial score (nSPS) is 12.4. The fraction of sp³-hybridized carbons (Fsp3) is 0.571. The molecule has 118 valence electrons. The molecule has 21 heavy (non-hydrogen) atoms. The lowest BCUT2D eigenvalue weighted by Gasteiger charge is -2.14. The summed E-state index contributed by atoms with van der Waals surface area (Å²) in [5, 5.41) is 16.3. The topological polar surface area (TPSA) is 79.7 Å². The monoisotopic (exact) mass is 296 g/mol. The average molecular weight is 296 g/mol. The Morgan fingerprint density at radius 1 is 1.33 bits per heavy atom. The predicted molar refractivity (Wildman–Crippen MR) is 82.0 cm³/mol. The van der Waals surface area contributed by atoms with Gasteiger partial charge in [-0.3, -0.25) is 20.7 Å². The summed E-state index contributed by atoms with van der Waals surface area (Å²) in [7, 11) is 5.74. The van der Waals surface area contributed by atoms with E-state index in [2.05, 4.69) is 15.5 Å². The quantitative estimate of drug-likeness (QED) is 0.284. The van der Waals surface area contributed by atoms with Crippen molar-refractivity contribution < 1.29 is 9.66 Å². The Bertz CT molecular complexity index is 423. The highest BCUT2D eigenvalue weighted by molar-refractivity contribution is 5.27. The van der Waals surface area contributed by atoms with Crippen molar-refractivity contribution in [2.45, 2.75) is 12.7 Å². The second kappa shape index (κ2) is 9.28. The van der Waals surface area contributed by atoms with E-state index >= 15 is 0 Å². The first-order valence-corrected chi connectivity index (χ1v) is 6.90. The molecule has 0 saturated carbocycles. The van der Waals surface area contributed by atoms with Crippen LogP contribution < -0.4 is 15.4 Å². The Morgan fingerprint density at radius 2 is 2.00 bits per heavy atom. The van der Waals surface area contributed by atoms with Crippen molar-refractivity contribution in [2.75, 3.05) is 40.8 Å². The van der Waals surface area contributed by atoms with Gasteiger partial charge in [-0.25, -0.2) is 0 Å². The van der Waals surface area contributed by atoms with Crippen LogP contribution in [0.15, 0.2) is 24.3 Å². The first-order valence-electron chi connectivity index (χ1n) is 6.90. The van der Waals surface area contributed by atoms with Crippen LogP contribution in [0.2, 0.25) is 0 Å². The molecule has 0 aromatic heterocycles. The molecule has 1 rings (SSSR count). The van der Waals surface area contributed by atoms with E-state index in [-0.39, 0.29) is 17.6 Å². The standard InChI is InChI=1S/C14H24N4O3/c1-15-14(11-18(19)20)16-8-9-21-13-6-4-12(5-7-13)10-17(2)3/h4-7,14-16H,8-11H2,1-3H3. The molecule has 1 unspecified atom stereocenters. The van der Waals surface area contributed by atoms with Gasteiger partial charge in [0.05, 0.1) is 0 Å². The molecule has 0 bridgehead atoms. The highest BCUT2D eigenvalue weighted by Crippen LogP contribution is 2.12. The SMILES string of the molecule is CNC(C[N+](=O)[O-])NCCOc1ccc(CN(C)C)cc1. The summed E-state index contributed by atoms with van der Waals surface area (Å²) in [5.41, 5.74) is 1.23. The third-order valence-corrected chi connectivity index (χ3v) is 2.86. The summed E-state index contributed by atoms with van der Waals surface area (Å²) in [4.78, 5) is 12.2. The van der Waals surface area contributed by atoms with Gasteiger partial charge in [-0.15, -0.1) is 0 Å². The molecule has 0 spiro atoms. The lowest BCUT2D eigenvalue weighted by Crippen LogP contribution is -2.46. The molecule has 1 aromatic rings. The van der Waals surface area contributed by atoms with Crippen molar-refractivity contribution in [1.82, 2.24) is 15.5 Å². The van der Waals surface area contributed by atoms with E-state index in [4.69, 9.17) is 4.74 Å². The molecule has 0 aliphatic heterocycles. The number of hydrogen-bond acceptors (Lipinski definition) is 6. The van der Waals surface area contributed by atoms with Gasteiger partial charge in [-0.05, 0) is 38.8 Å². The minimum absolute atomic E-state index is 0.157. The summed E-state index contributed by atoms with van der Waals surface area (Å²) < 4.78 is 5.59. The Balaban J connectivity index is 2.27. The molecule has 0 fully saturated rings. The number of nitro groups is 1. The number of benzene rings is 1. The van der Waals surface area contributed by atoms with Crippen molar-refractivity contribution in [3.8, 4) is 5.75 Å². The molecule has 0 aliphatic carbocycles. The van der Waals surface area contributed by atoms with Gasteiger partial charge in [0.2, 0.25) is 6.54 Å². The van der Waals surface area contributed by atoms with Gasteiger partial charge in [0.15, 0.2) is 0 Å². The van der Waals surface area contributed by atoms with Crippen LogP contribution in [-0.4, -0.2) is 56.8 Å². The summed E-state index contributed by atoms with van der Waals surface area (Å²) in [6, 6.07) is 7.94. The Morgan fingerprint density at radius 3 is 2.52 bits per heavy atom. The molecule has 0 amide bonds. The fourth-order valence-corrected chi connectivity index (χ4v) is 1.87. The average Bonchev–Trinajstić information content (AvgIpc) is 2.43. The molecule has 2 N–H and O–H groups in total. The van der Waals surface area contributed by atoms with Crippen molar-refractivity contribution in [3.05, 3.63) is 39.9 Å². The van der Waals surface area contributed by atoms with Gasteiger partial charge < -0.3 is 9.64 Å². The number of ether oxygens (including phenoxy) is 1. The number of nitrogens with one attached hydrogen (secondary N) is 2. The van der Waals surface area contributed by atoms with E-state index in [0.717, 1.165) is 12.3 Å². The molecular formula is C14H24N4O3. The largest absolute Gasteiger partial charge is 0.492 e. The second-order valence-electron chi connectivity index (χ2n) is 5.04. The number of rotatable bonds is 10. The van der Waals surface area contributed by atoms with Crippen molar-refractivity contribution in [2.24, 2.45) is 0 Å². The number of hydrogen-bond donors (Lipinski definition) is 2. The zero-order valence-corrected chi connectivity index (χ0v) is 12.8. The number of likely N-dealkylation sites (N-methyl/N-ethyl adjacent to an activating group) is 1. The van der Waals surface area contributed by atoms with Crippen LogP contribution >= 0.6 is 0 Å². The molecule has 7 heteroatoms. The molecule has 0 aliphatic rings. The predicted octanol–water partition coefficient (Wildman–Crippen LogP) is 0.539. The molecular weight excluding hydrogens is 272 g/mol. The van der Waals surface area contributed by atoms with Gasteiger partial charge in [-0.2, -0.15) is 0 Å². The van der Waals surface area contributed by atoms with Crippen molar-refractivity contribution in [1.29, 1.82) is 0 Å². The van der Waals surface area contributed by atoms with Gasteiger partial charge >= 0.3 is 0 Å². The molecule has 7 nitrogen and oxygen atoms in total. The molecule has 1 atom stereocenters. The van der Waals surface area contributed by atoms with E-state index < -0.39 is 0 Å². The Hall–Kier alpha value is -1.70. The zero-order valence-electron chi connectivity index (χ0n) is 12.8. The van der Waals surface area contributed by atoms with Crippen molar-refractivity contribution in [3.63, 3.8) is 0 Å². The minimum Gasteiger partial charge on any atom is -0.492 e. The van der Waals surface area contributed by atoms with E-state index in [1.54, 1.807) is 7.05 Å². The fourth-order valence-electron chi connectivity index (χ4n) is 1.87. The summed E-state index contributed by atoms with van der Waals surface area (Å²) in [6.07, 6.45) is -0.342. The van der Waals surface area contributed by atoms with Crippen LogP contribution in [0.3, 0.4) is 0 Å². The molecule has 0 heterocycles. The molecule has 0 radical (unpaired) electrons. The lowest BCUT2D eigenvalue weighted by molar-refractivity contribution is -0.484. The van der Waals surface area contributed by atoms with Gasteiger partial charge in [0.25, 0.3) is 0 Å². The van der Waals surface area contributed by atoms with Crippen LogP contribution in [-0.2, 0) is 6.54 Å². The van der Waals surface area contributed by atoms with E-state index in [9.17, 15) is 10.1 Å². The first-order chi connectivity index (χ1) is 10.0. The highest BCUT2D eigenvalue weighted by Gasteiger charge is 2.11. The smallest absolute Gasteiger partial charge is 0.231 e. The lowest BCUT2D eigenvalue weighted by atomic mass is 10.2. The van der Waals surface area contributed by atoms with Crippen molar-refractivity contribution >= 4 is 0 Å². The molecule has 1 aromatic carbocycles. The zero-order chi connectivity index (χ0) is 15.7. The maximum atomic E-state index is 10.4. The maximum Gasteiger partial charge on any atom is 0.231 e. The van der Waals surface area contributed by atoms with Gasteiger partial charge in [0, 0.05) is 18.0 Å². The second-order valence-corrected chi connectivity index (χ2v) is 5.04. The van der Waals surface area contributed by atoms with Crippen LogP contribution in [0, 0.1) is 10.1 Å². The molecule has 0 saturated heterocycles. The number of nitrogens with zero attached hydrogens (tertiary/aromatic N) is 2. The summed E-state index contributed by atoms with van der Waals surface area (Å²) in [6.45, 7) is 1.74. The van der Waals surface area contributed by atoms with E-state index in [1.807, 2.05) is 38.4 Å². The van der Waals surface area contributed by atoms with Crippen LogP contribution in [0.1, 0.15) is 5.56 Å². The summed E-state index contributed by atoms with van der Waals surface area (Å²) in [5.74, 6) is 0.801. The van der Waals surface area contributed by atoms with Crippen LogP contribution in [0.25, 0.3) is 0 Å². The Kier molecular flexibility index (Phi) is 7.66. The minimum atomic E-state index is -0.349. The third-order valence-electron chi connectivity index (χ3n) is 2.86. The highest BCUT2D eigenvalue weighted by atomic mass is 16.6. The summed E-state index contributed by atoms with van der Waals surface area (Å²) >= 11 is 0. The van der Waals surface area contributed by atoms with Crippen LogP contribution in [0.4, 0.5) is 0 Å². The maximum absolute atomic E-state index is 10.4. The van der Waals surface area contributed by atoms with E-state index in [0.29, 0.717) is 13.2 Å². The van der Waals surface area contributed by atoms with E-state index in [1.165, 1.54) is 5.56 Å².